The number of aromatic nitrogens is 1. The lowest BCUT2D eigenvalue weighted by molar-refractivity contribution is -0.121. The van der Waals surface area contributed by atoms with Crippen LogP contribution in [0.25, 0.3) is 10.9 Å². The van der Waals surface area contributed by atoms with Gasteiger partial charge in [0, 0.05) is 30.4 Å². The molecule has 6 nitrogen and oxygen atoms in total. The average Bonchev–Trinajstić information content (AvgIpc) is 3.26. The van der Waals surface area contributed by atoms with Crippen molar-refractivity contribution in [2.24, 2.45) is 5.92 Å². The first kappa shape index (κ1) is 17.3. The number of nitrogens with one attached hydrogen (secondary N) is 1. The lowest BCUT2D eigenvalue weighted by atomic mass is 9.74. The number of pyridine rings is 1. The molecule has 0 aliphatic carbocycles. The molecule has 0 radical (unpaired) electrons. The first-order chi connectivity index (χ1) is 14.0. The van der Waals surface area contributed by atoms with Crippen molar-refractivity contribution < 1.29 is 14.0 Å². The Morgan fingerprint density at radius 1 is 1.28 bits per heavy atom. The monoisotopic (exact) mass is 386 g/mol. The molecule has 29 heavy (non-hydrogen) atoms. The van der Waals surface area contributed by atoms with Gasteiger partial charge in [0.1, 0.15) is 11.2 Å². The number of benzene rings is 2. The summed E-state index contributed by atoms with van der Waals surface area (Å²) in [6.45, 7) is 0.242. The van der Waals surface area contributed by atoms with Gasteiger partial charge in [-0.05, 0) is 35.9 Å². The summed E-state index contributed by atoms with van der Waals surface area (Å²) in [6.07, 6.45) is 1.44. The van der Waals surface area contributed by atoms with E-state index in [4.69, 9.17) is 0 Å². The minimum Gasteiger partial charge on any atom is -0.336 e. The van der Waals surface area contributed by atoms with E-state index in [-0.39, 0.29) is 24.9 Å². The summed E-state index contributed by atoms with van der Waals surface area (Å²) in [5.74, 6) is -1.68. The molecule has 3 aromatic rings. The van der Waals surface area contributed by atoms with Crippen LogP contribution in [0, 0.1) is 23.1 Å². The summed E-state index contributed by atoms with van der Waals surface area (Å²) in [5.41, 5.74) is 1.21. The molecular weight excluding hydrogens is 371 g/mol. The van der Waals surface area contributed by atoms with Crippen molar-refractivity contribution >= 4 is 28.4 Å². The zero-order valence-corrected chi connectivity index (χ0v) is 15.2. The number of carbonyl (C=O) groups excluding carboxylic acids is 2. The maximum atomic E-state index is 13.5. The number of anilines is 1. The van der Waals surface area contributed by atoms with Gasteiger partial charge in [0.15, 0.2) is 0 Å². The van der Waals surface area contributed by atoms with Crippen LogP contribution in [-0.4, -0.2) is 34.8 Å². The summed E-state index contributed by atoms with van der Waals surface area (Å²) in [7, 11) is 0. The number of hydrogen-bond donors (Lipinski definition) is 1. The number of nitrogens with zero attached hydrogens (tertiary/aromatic N) is 3. The standard InChI is InChI=1S/C22H15FN4O2/c23-16-5-6-18-13(8-16)7-14(10-25-18)20(28)27-11-15(9-24)22(12-27)17-3-1-2-4-19(17)26-21(22)29/h1-8,10,15H,11-12H2,(H,26,29)/t15-,22-/m0/s1. The molecule has 5 rings (SSSR count). The third kappa shape index (κ3) is 2.42. The van der Waals surface area contributed by atoms with Crippen LogP contribution in [0.1, 0.15) is 15.9 Å². The van der Waals surface area contributed by atoms with Gasteiger partial charge in [0.25, 0.3) is 5.91 Å². The van der Waals surface area contributed by atoms with Gasteiger partial charge in [-0.3, -0.25) is 14.6 Å². The van der Waals surface area contributed by atoms with Crippen LogP contribution < -0.4 is 5.32 Å². The lowest BCUT2D eigenvalue weighted by Gasteiger charge is -2.24. The van der Waals surface area contributed by atoms with E-state index in [2.05, 4.69) is 16.4 Å². The molecule has 2 aliphatic heterocycles. The number of amides is 2. The van der Waals surface area contributed by atoms with Gasteiger partial charge in [-0.15, -0.1) is 0 Å². The van der Waals surface area contributed by atoms with E-state index in [1.54, 1.807) is 18.2 Å². The Balaban J connectivity index is 1.53. The van der Waals surface area contributed by atoms with E-state index < -0.39 is 17.2 Å². The second kappa shape index (κ2) is 6.11. The molecular formula is C22H15FN4O2. The van der Waals surface area contributed by atoms with Gasteiger partial charge in [-0.1, -0.05) is 18.2 Å². The van der Waals surface area contributed by atoms with Crippen LogP contribution in [0.2, 0.25) is 0 Å². The molecule has 1 saturated heterocycles. The Labute approximate surface area is 165 Å². The van der Waals surface area contributed by atoms with Gasteiger partial charge in [0.2, 0.25) is 5.91 Å². The second-order valence-corrected chi connectivity index (χ2v) is 7.40. The molecule has 2 atom stereocenters. The van der Waals surface area contributed by atoms with Gasteiger partial charge in [0.05, 0.1) is 23.1 Å². The predicted molar refractivity (Wildman–Crippen MR) is 103 cm³/mol. The third-order valence-corrected chi connectivity index (χ3v) is 5.83. The smallest absolute Gasteiger partial charge is 0.255 e. The van der Waals surface area contributed by atoms with Gasteiger partial charge in [-0.25, -0.2) is 4.39 Å². The normalized spacial score (nSPS) is 22.6. The fraction of sp³-hybridized carbons (Fsp3) is 0.182. The summed E-state index contributed by atoms with van der Waals surface area (Å²) >= 11 is 0. The number of rotatable bonds is 1. The van der Waals surface area contributed by atoms with Gasteiger partial charge in [-0.2, -0.15) is 5.26 Å². The van der Waals surface area contributed by atoms with Crippen LogP contribution >= 0.6 is 0 Å². The molecule has 0 unspecified atom stereocenters. The first-order valence-corrected chi connectivity index (χ1v) is 9.18. The molecule has 2 aliphatic rings. The molecule has 1 spiro atoms. The minimum atomic E-state index is -1.09. The zero-order chi connectivity index (χ0) is 20.2. The highest BCUT2D eigenvalue weighted by molar-refractivity contribution is 6.08. The Morgan fingerprint density at radius 3 is 2.93 bits per heavy atom. The minimum absolute atomic E-state index is 0.105. The van der Waals surface area contributed by atoms with Crippen molar-refractivity contribution in [3.63, 3.8) is 0 Å². The number of para-hydroxylation sites is 1. The predicted octanol–water partition coefficient (Wildman–Crippen LogP) is 2.86. The van der Waals surface area contributed by atoms with E-state index in [9.17, 15) is 19.2 Å². The van der Waals surface area contributed by atoms with Crippen molar-refractivity contribution in [1.82, 2.24) is 9.88 Å². The van der Waals surface area contributed by atoms with Crippen molar-refractivity contribution in [2.45, 2.75) is 5.41 Å². The largest absolute Gasteiger partial charge is 0.336 e. The molecule has 1 N–H and O–H groups in total. The summed E-state index contributed by atoms with van der Waals surface area (Å²) < 4.78 is 13.5. The number of hydrogen-bond acceptors (Lipinski definition) is 4. The molecule has 2 aromatic carbocycles. The van der Waals surface area contributed by atoms with E-state index in [0.717, 1.165) is 5.56 Å². The van der Waals surface area contributed by atoms with Gasteiger partial charge >= 0.3 is 0 Å². The van der Waals surface area contributed by atoms with Crippen LogP contribution in [-0.2, 0) is 10.2 Å². The summed E-state index contributed by atoms with van der Waals surface area (Å²) in [5, 5.41) is 13.1. The Morgan fingerprint density at radius 2 is 2.10 bits per heavy atom. The highest BCUT2D eigenvalue weighted by atomic mass is 19.1. The van der Waals surface area contributed by atoms with Crippen LogP contribution in [0.4, 0.5) is 10.1 Å². The molecule has 1 fully saturated rings. The van der Waals surface area contributed by atoms with Crippen molar-refractivity contribution in [2.75, 3.05) is 18.4 Å². The quantitative estimate of drug-likeness (QED) is 0.697. The van der Waals surface area contributed by atoms with E-state index >= 15 is 0 Å². The Kier molecular flexibility index (Phi) is 3.65. The maximum absolute atomic E-state index is 13.5. The summed E-state index contributed by atoms with van der Waals surface area (Å²) in [6, 6.07) is 15.3. The number of carbonyl (C=O) groups is 2. The number of likely N-dealkylation sites (tertiary alicyclic amines) is 1. The molecule has 1 aromatic heterocycles. The lowest BCUT2D eigenvalue weighted by Crippen LogP contribution is -2.42. The van der Waals surface area contributed by atoms with Crippen molar-refractivity contribution in [1.29, 1.82) is 5.26 Å². The van der Waals surface area contributed by atoms with Gasteiger partial charge < -0.3 is 10.2 Å². The topological polar surface area (TPSA) is 86.1 Å². The Hall–Kier alpha value is -3.79. The maximum Gasteiger partial charge on any atom is 0.255 e. The molecule has 3 heterocycles. The highest BCUT2D eigenvalue weighted by Gasteiger charge is 2.58. The SMILES string of the molecule is N#C[C@H]1CN(C(=O)c2cnc3ccc(F)cc3c2)C[C@]12C(=O)Nc1ccccc12. The zero-order valence-electron chi connectivity index (χ0n) is 15.2. The third-order valence-electron chi connectivity index (χ3n) is 5.83. The van der Waals surface area contributed by atoms with Crippen molar-refractivity contribution in [3.05, 3.63) is 71.7 Å². The summed E-state index contributed by atoms with van der Waals surface area (Å²) in [4.78, 5) is 31.8. The fourth-order valence-electron chi connectivity index (χ4n) is 4.40. The van der Waals surface area contributed by atoms with Crippen LogP contribution in [0.15, 0.2) is 54.7 Å². The average molecular weight is 386 g/mol. The molecule has 142 valence electrons. The number of fused-ring (bicyclic) bond motifs is 3. The second-order valence-electron chi connectivity index (χ2n) is 7.40. The molecule has 0 bridgehead atoms. The Bertz CT molecular complexity index is 1230. The van der Waals surface area contributed by atoms with Crippen LogP contribution in [0.3, 0.4) is 0 Å². The van der Waals surface area contributed by atoms with Crippen LogP contribution in [0.5, 0.6) is 0 Å². The number of halogens is 1. The van der Waals surface area contributed by atoms with E-state index in [0.29, 0.717) is 22.2 Å². The first-order valence-electron chi connectivity index (χ1n) is 9.18. The van der Waals surface area contributed by atoms with E-state index in [1.807, 2.05) is 18.2 Å². The van der Waals surface area contributed by atoms with Crippen molar-refractivity contribution in [3.8, 4) is 6.07 Å². The number of nitriles is 1. The fourth-order valence-corrected chi connectivity index (χ4v) is 4.40. The molecule has 2 amide bonds. The van der Waals surface area contributed by atoms with E-state index in [1.165, 1.54) is 23.2 Å². The molecule has 0 saturated carbocycles. The highest BCUT2D eigenvalue weighted by Crippen LogP contribution is 2.47. The molecule has 7 heteroatoms.